The van der Waals surface area contributed by atoms with Gasteiger partial charge in [0, 0.05) is 0 Å². The minimum atomic E-state index is -4.08. The van der Waals surface area contributed by atoms with E-state index in [9.17, 15) is 13.2 Å². The van der Waals surface area contributed by atoms with E-state index in [4.69, 9.17) is 0 Å². The fourth-order valence-electron chi connectivity index (χ4n) is 0.891. The van der Waals surface area contributed by atoms with Crippen molar-refractivity contribution in [3.63, 3.8) is 0 Å². The molecule has 0 aromatic rings. The molecular weight excluding hydrogens is 167 g/mol. The van der Waals surface area contributed by atoms with Crippen LogP contribution in [0.25, 0.3) is 0 Å². The van der Waals surface area contributed by atoms with Crippen LogP contribution in [0.5, 0.6) is 0 Å². The average molecular weight is 181 g/mol. The van der Waals surface area contributed by atoms with Crippen LogP contribution in [-0.4, -0.2) is 31.2 Å². The monoisotopic (exact) mass is 181 g/mol. The quantitative estimate of drug-likeness (QED) is 0.465. The zero-order chi connectivity index (χ0) is 9.61. The normalized spacial score (nSPS) is 12.1. The summed E-state index contributed by atoms with van der Waals surface area (Å²) in [7, 11) is 1.47. The summed E-state index contributed by atoms with van der Waals surface area (Å²) in [6.45, 7) is 3.13. The van der Waals surface area contributed by atoms with Crippen molar-refractivity contribution < 1.29 is 13.2 Å². The van der Waals surface area contributed by atoms with E-state index in [0.717, 1.165) is 12.8 Å². The van der Waals surface area contributed by atoms with E-state index in [-0.39, 0.29) is 0 Å². The lowest BCUT2D eigenvalue weighted by Gasteiger charge is -2.17. The highest BCUT2D eigenvalue weighted by molar-refractivity contribution is 4.67. The molecule has 0 aromatic heterocycles. The van der Waals surface area contributed by atoms with Crippen LogP contribution >= 0.6 is 0 Å². The molecule has 0 unspecified atom stereocenters. The molecule has 0 aliphatic carbocycles. The minimum Gasteiger partial charge on any atom is -0.298 e. The van der Waals surface area contributed by atoms with Gasteiger partial charge in [-0.05, 0) is 26.4 Å². The Kier molecular flexibility index (Phi) is 4.97. The maximum absolute atomic E-state index is 11.8. The lowest BCUT2D eigenvalue weighted by molar-refractivity contribution is -0.143. The molecule has 0 saturated carbocycles. The minimum absolute atomic E-state index is 0.464. The number of nitrogens with zero attached hydrogens (tertiary/aromatic N) is 1. The van der Waals surface area contributed by atoms with Gasteiger partial charge in [-0.2, -0.15) is 13.2 Å². The molecule has 0 amide bonds. The molecule has 0 aliphatic heterocycles. The van der Waals surface area contributed by atoms with Crippen molar-refractivity contribution >= 4 is 0 Å². The Bertz CT molecular complexity index is 131. The van der Waals surface area contributed by atoms with Gasteiger partial charge >= 0.3 is 6.18 Å². The molecule has 1 nitrogen and oxygen atoms in total. The summed E-state index contributed by atoms with van der Waals surface area (Å²) < 4.78 is 35.3. The van der Waals surface area contributed by atoms with Gasteiger partial charge in [-0.3, -0.25) is 4.90 Å². The van der Waals surface area contributed by atoms with Gasteiger partial charge in [0.15, 0.2) is 0 Å². The Labute approximate surface area is 70.9 Å². The maximum Gasteiger partial charge on any atom is 0.401 e. The summed E-state index contributed by atoms with van der Waals surface area (Å²) in [5, 5.41) is 0. The van der Waals surface area contributed by atoms with E-state index < -0.39 is 12.7 Å². The molecule has 0 atom stereocenters. The summed E-state index contributed by atoms with van der Waals surface area (Å²) in [6, 6.07) is 0. The van der Waals surface area contributed by atoms with E-state index in [1.165, 1.54) is 11.9 Å². The Morgan fingerprint density at radius 3 is 2.42 bits per heavy atom. The fourth-order valence-corrected chi connectivity index (χ4v) is 0.891. The standard InChI is InChI=1S/C8H14F3N/c1-3-4-5-6-12(2)7-8(9,10)11/h3H,1,4-7H2,2H3. The third kappa shape index (κ3) is 7.60. The van der Waals surface area contributed by atoms with E-state index in [1.807, 2.05) is 0 Å². The lowest BCUT2D eigenvalue weighted by atomic mass is 10.3. The van der Waals surface area contributed by atoms with Crippen LogP contribution in [0, 0.1) is 0 Å². The summed E-state index contributed by atoms with van der Waals surface area (Å²) in [5.41, 5.74) is 0. The van der Waals surface area contributed by atoms with Crippen LogP contribution in [-0.2, 0) is 0 Å². The predicted octanol–water partition coefficient (Wildman–Crippen LogP) is 2.45. The largest absolute Gasteiger partial charge is 0.401 e. The summed E-state index contributed by atoms with van der Waals surface area (Å²) >= 11 is 0. The average Bonchev–Trinajstić information content (AvgIpc) is 1.84. The second-order valence-electron chi connectivity index (χ2n) is 2.78. The van der Waals surface area contributed by atoms with Crippen molar-refractivity contribution in [1.82, 2.24) is 4.90 Å². The molecule has 0 N–H and O–H groups in total. The first-order valence-corrected chi connectivity index (χ1v) is 3.82. The molecule has 0 bridgehead atoms. The molecule has 0 spiro atoms. The van der Waals surface area contributed by atoms with Crippen LogP contribution in [0.3, 0.4) is 0 Å². The molecule has 12 heavy (non-hydrogen) atoms. The number of hydrogen-bond donors (Lipinski definition) is 0. The van der Waals surface area contributed by atoms with Gasteiger partial charge in [-0.25, -0.2) is 0 Å². The highest BCUT2D eigenvalue weighted by atomic mass is 19.4. The summed E-state index contributed by atoms with van der Waals surface area (Å²) in [6.07, 6.45) is -0.872. The lowest BCUT2D eigenvalue weighted by Crippen LogP contribution is -2.31. The van der Waals surface area contributed by atoms with Crippen molar-refractivity contribution in [1.29, 1.82) is 0 Å². The van der Waals surface area contributed by atoms with Crippen LogP contribution in [0.1, 0.15) is 12.8 Å². The second-order valence-corrected chi connectivity index (χ2v) is 2.78. The molecule has 72 valence electrons. The Hall–Kier alpha value is -0.510. The molecule has 0 saturated heterocycles. The molecule has 0 radical (unpaired) electrons. The van der Waals surface area contributed by atoms with Crippen molar-refractivity contribution in [2.24, 2.45) is 0 Å². The first kappa shape index (κ1) is 11.5. The van der Waals surface area contributed by atoms with E-state index >= 15 is 0 Å². The van der Waals surface area contributed by atoms with Crippen LogP contribution in [0.15, 0.2) is 12.7 Å². The van der Waals surface area contributed by atoms with Crippen LogP contribution in [0.4, 0.5) is 13.2 Å². The summed E-state index contributed by atoms with van der Waals surface area (Å²) in [5.74, 6) is 0. The Morgan fingerprint density at radius 1 is 1.42 bits per heavy atom. The Morgan fingerprint density at radius 2 is 2.00 bits per heavy atom. The summed E-state index contributed by atoms with van der Waals surface area (Å²) in [4.78, 5) is 1.27. The third-order valence-electron chi connectivity index (χ3n) is 1.40. The Balaban J connectivity index is 3.46. The molecule has 0 rings (SSSR count). The first-order chi connectivity index (χ1) is 5.45. The van der Waals surface area contributed by atoms with Crippen molar-refractivity contribution in [3.8, 4) is 0 Å². The van der Waals surface area contributed by atoms with Gasteiger partial charge in [0.1, 0.15) is 0 Å². The predicted molar refractivity (Wildman–Crippen MR) is 43.0 cm³/mol. The molecule has 0 heterocycles. The molecule has 0 aliphatic rings. The highest BCUT2D eigenvalue weighted by Gasteiger charge is 2.28. The number of allylic oxidation sites excluding steroid dienone is 1. The molecule has 4 heteroatoms. The van der Waals surface area contributed by atoms with Crippen LogP contribution < -0.4 is 0 Å². The maximum atomic E-state index is 11.8. The molecule has 0 fully saturated rings. The fraction of sp³-hybridized carbons (Fsp3) is 0.750. The number of hydrogen-bond acceptors (Lipinski definition) is 1. The topological polar surface area (TPSA) is 3.24 Å². The zero-order valence-corrected chi connectivity index (χ0v) is 7.19. The zero-order valence-electron chi connectivity index (χ0n) is 7.19. The van der Waals surface area contributed by atoms with Gasteiger partial charge in [-0.1, -0.05) is 6.08 Å². The third-order valence-corrected chi connectivity index (χ3v) is 1.40. The number of rotatable bonds is 5. The van der Waals surface area contributed by atoms with Gasteiger partial charge in [-0.15, -0.1) is 6.58 Å². The van der Waals surface area contributed by atoms with Crippen molar-refractivity contribution in [2.75, 3.05) is 20.1 Å². The second kappa shape index (κ2) is 5.19. The van der Waals surface area contributed by atoms with E-state index in [1.54, 1.807) is 6.08 Å². The van der Waals surface area contributed by atoms with Crippen LogP contribution in [0.2, 0.25) is 0 Å². The highest BCUT2D eigenvalue weighted by Crippen LogP contribution is 2.15. The van der Waals surface area contributed by atoms with E-state index in [0.29, 0.717) is 6.54 Å². The van der Waals surface area contributed by atoms with Crippen molar-refractivity contribution in [2.45, 2.75) is 19.0 Å². The van der Waals surface area contributed by atoms with E-state index in [2.05, 4.69) is 6.58 Å². The van der Waals surface area contributed by atoms with Crippen molar-refractivity contribution in [3.05, 3.63) is 12.7 Å². The van der Waals surface area contributed by atoms with Gasteiger partial charge in [0.2, 0.25) is 0 Å². The number of unbranched alkanes of at least 4 members (excludes halogenated alkanes) is 1. The molecule has 0 aromatic carbocycles. The molecular formula is C8H14F3N. The van der Waals surface area contributed by atoms with Gasteiger partial charge in [0.25, 0.3) is 0 Å². The van der Waals surface area contributed by atoms with Gasteiger partial charge in [0.05, 0.1) is 6.54 Å². The first-order valence-electron chi connectivity index (χ1n) is 3.82. The smallest absolute Gasteiger partial charge is 0.298 e. The number of alkyl halides is 3. The van der Waals surface area contributed by atoms with Gasteiger partial charge < -0.3 is 0 Å². The number of halogens is 3. The SMILES string of the molecule is C=CCCCN(C)CC(F)(F)F.